The lowest BCUT2D eigenvalue weighted by molar-refractivity contribution is 0.112. The van der Waals surface area contributed by atoms with Gasteiger partial charge in [0.15, 0.2) is 11.5 Å². The maximum atomic E-state index is 12.7. The molecule has 1 aliphatic carbocycles. The van der Waals surface area contributed by atoms with Crippen molar-refractivity contribution < 1.29 is 79.5 Å². The molecule has 0 saturated carbocycles. The molecule has 0 fully saturated rings. The van der Waals surface area contributed by atoms with Crippen LogP contribution in [0, 0.1) is 34.6 Å². The van der Waals surface area contributed by atoms with Crippen LogP contribution in [0.5, 0.6) is 86.2 Å². The highest BCUT2D eigenvalue weighted by Gasteiger charge is 2.36. The number of carbonyl (C=O) groups excluding carboxylic acids is 1. The van der Waals surface area contributed by atoms with Gasteiger partial charge in [0.05, 0.1) is 33.0 Å². The number of fused-ring (bicyclic) bond motifs is 8. The summed E-state index contributed by atoms with van der Waals surface area (Å²) in [5.41, 5.74) is 10.1. The monoisotopic (exact) mass is 1300 g/mol. The number of phenols is 10. The van der Waals surface area contributed by atoms with Crippen LogP contribution in [0.2, 0.25) is 0 Å². The van der Waals surface area contributed by atoms with E-state index >= 15 is 0 Å². The van der Waals surface area contributed by atoms with Gasteiger partial charge in [0.25, 0.3) is 0 Å². The predicted octanol–water partition coefficient (Wildman–Crippen LogP) is 16.5. The van der Waals surface area contributed by atoms with Crippen LogP contribution in [0.3, 0.4) is 0 Å². The third kappa shape index (κ3) is 14.9. The molecule has 10 aromatic carbocycles. The van der Waals surface area contributed by atoms with E-state index in [1.165, 1.54) is 12.1 Å². The normalized spacial score (nSPS) is 14.6. The van der Waals surface area contributed by atoms with E-state index in [1.54, 1.807) is 125 Å². The molecule has 0 aliphatic heterocycles. The number of benzene rings is 10. The second-order valence-corrected chi connectivity index (χ2v) is 23.5. The van der Waals surface area contributed by atoms with Crippen LogP contribution >= 0.6 is 0 Å². The van der Waals surface area contributed by atoms with Crippen molar-refractivity contribution in [1.82, 2.24) is 0 Å². The Hall–Kier alpha value is -11.1. The van der Waals surface area contributed by atoms with Gasteiger partial charge in [-0.25, -0.2) is 0 Å². The fourth-order valence-electron chi connectivity index (χ4n) is 12.4. The quantitative estimate of drug-likeness (QED) is 0.0428. The molecule has 11 rings (SSSR count). The van der Waals surface area contributed by atoms with Gasteiger partial charge in [0, 0.05) is 92.4 Å². The van der Waals surface area contributed by atoms with E-state index in [0.717, 1.165) is 11.8 Å². The number of phenolic OH excluding ortho intramolecular Hbond substituents is 10. The summed E-state index contributed by atoms with van der Waals surface area (Å²) in [5.74, 6) is -1.55. The van der Waals surface area contributed by atoms with Gasteiger partial charge in [-0.15, -0.1) is 0 Å². The molecule has 1 aliphatic rings. The lowest BCUT2D eigenvalue weighted by Gasteiger charge is -2.31. The first-order valence-corrected chi connectivity index (χ1v) is 31.9. The third-order valence-electron chi connectivity index (χ3n) is 17.0. The molecule has 10 aromatic rings. The highest BCUT2D eigenvalue weighted by molar-refractivity contribution is 5.75. The average Bonchev–Trinajstić information content (AvgIpc) is 0.739. The molecule has 0 spiro atoms. The maximum Gasteiger partial charge on any atom is 0.161 e. The predicted molar refractivity (Wildman–Crippen MR) is 370 cm³/mol. The molecule has 498 valence electrons. The molecular weight excluding hydrogens is 1220 g/mol. The van der Waals surface area contributed by atoms with Gasteiger partial charge >= 0.3 is 0 Å². The van der Waals surface area contributed by atoms with E-state index in [2.05, 4.69) is 0 Å². The van der Waals surface area contributed by atoms with Gasteiger partial charge in [-0.1, -0.05) is 48.5 Å². The van der Waals surface area contributed by atoms with Crippen molar-refractivity contribution in [2.75, 3.05) is 33.0 Å². The van der Waals surface area contributed by atoms with E-state index in [-0.39, 0.29) is 89.7 Å². The first-order valence-electron chi connectivity index (χ1n) is 31.9. The molecule has 0 heterocycles. The third-order valence-corrected chi connectivity index (χ3v) is 17.0. The van der Waals surface area contributed by atoms with Crippen LogP contribution in [-0.2, 0) is 0 Å². The molecule has 0 radical (unpaired) electrons. The first-order chi connectivity index (χ1) is 46.0. The lowest BCUT2D eigenvalue weighted by Crippen LogP contribution is -2.15. The number of rotatable bonds is 15. The van der Waals surface area contributed by atoms with Crippen LogP contribution < -0.4 is 23.7 Å². The molecular formula is C80H82O16. The number of carbonyl (C=O) groups is 1. The molecule has 16 nitrogen and oxygen atoms in total. The molecule has 4 unspecified atom stereocenters. The topological polar surface area (TPSA) is 266 Å². The van der Waals surface area contributed by atoms with Gasteiger partial charge in [-0.05, 0) is 216 Å². The lowest BCUT2D eigenvalue weighted by atomic mass is 9.74. The minimum atomic E-state index is -0.923. The molecule has 96 heavy (non-hydrogen) atoms. The number of ether oxygens (including phenoxy) is 5. The van der Waals surface area contributed by atoms with E-state index in [4.69, 9.17) is 33.9 Å². The number of aromatic hydroxyl groups is 10. The summed E-state index contributed by atoms with van der Waals surface area (Å²) >= 11 is 0. The highest BCUT2D eigenvalue weighted by atomic mass is 16.5. The summed E-state index contributed by atoms with van der Waals surface area (Å²) < 4.78 is 30.6. The van der Waals surface area contributed by atoms with Gasteiger partial charge in [0.2, 0.25) is 0 Å². The summed E-state index contributed by atoms with van der Waals surface area (Å²) in [5, 5.41) is 112. The Morgan fingerprint density at radius 2 is 0.625 bits per heavy atom. The van der Waals surface area contributed by atoms with Gasteiger partial charge < -0.3 is 74.7 Å². The standard InChI is InChI=1S/C64H64O12.C8H8O2.C8H10O2/c1-9-73-57-30-54(70)43-27-46(57)63(40-16-20-52(68)60(25-40)76-12-4)45-29-48(59(75-11-3)32-56(45)72)64(39-15-19-51(67)36(8)23-39)47-28-44(55(71)31-58(47)74-10-2)62(38-14-18-50(66)35(7)22-38)42-26-41(33(5)24-53(42)69)61(43)37-13-17-49(65)34(6)21-37;1-6-4-7(5-9)2-3-8(6)10;1-2-10-8-5-3-4-7(9)6-8/h13-32,61-72H,9-12H2,1-8H3;2-5,10H,1H3;3-6,9H,2H2,1H3. The Bertz CT molecular complexity index is 4460. The number of aryl methyl sites for hydroxylation is 5. The van der Waals surface area contributed by atoms with Crippen molar-refractivity contribution in [1.29, 1.82) is 0 Å². The number of hydrogen-bond donors (Lipinski definition) is 10. The zero-order valence-electron chi connectivity index (χ0n) is 55.4. The summed E-state index contributed by atoms with van der Waals surface area (Å²) in [7, 11) is 0. The van der Waals surface area contributed by atoms with Gasteiger partial charge in [0.1, 0.15) is 81.0 Å². The molecule has 0 amide bonds. The highest BCUT2D eigenvalue weighted by Crippen LogP contribution is 2.55. The Morgan fingerprint density at radius 3 is 1.01 bits per heavy atom. The summed E-state index contributed by atoms with van der Waals surface area (Å²) in [6, 6.07) is 46.1. The largest absolute Gasteiger partial charge is 0.508 e. The summed E-state index contributed by atoms with van der Waals surface area (Å²) in [6.45, 7) is 19.7. The van der Waals surface area contributed by atoms with Crippen LogP contribution in [0.25, 0.3) is 0 Å². The van der Waals surface area contributed by atoms with Crippen LogP contribution in [-0.4, -0.2) is 90.4 Å². The van der Waals surface area contributed by atoms with Crippen molar-refractivity contribution in [3.05, 3.63) is 264 Å². The molecule has 0 saturated heterocycles. The Labute approximate surface area is 559 Å². The van der Waals surface area contributed by atoms with Crippen molar-refractivity contribution >= 4 is 6.29 Å². The zero-order valence-corrected chi connectivity index (χ0v) is 55.4. The van der Waals surface area contributed by atoms with Crippen LogP contribution in [0.15, 0.2) is 164 Å². The number of hydrogen-bond acceptors (Lipinski definition) is 16. The molecule has 10 N–H and O–H groups in total. The van der Waals surface area contributed by atoms with E-state index in [0.29, 0.717) is 124 Å². The Kier molecular flexibility index (Phi) is 21.8. The van der Waals surface area contributed by atoms with E-state index in [1.807, 2.05) is 96.1 Å². The summed E-state index contributed by atoms with van der Waals surface area (Å²) in [6.07, 6.45) is 0.756. The molecule has 8 bridgehead atoms. The molecule has 4 atom stereocenters. The average molecular weight is 1300 g/mol. The fourth-order valence-corrected chi connectivity index (χ4v) is 12.4. The second-order valence-electron chi connectivity index (χ2n) is 23.5. The van der Waals surface area contributed by atoms with Crippen molar-refractivity contribution in [2.24, 2.45) is 0 Å². The van der Waals surface area contributed by atoms with E-state index in [9.17, 15) is 45.6 Å². The zero-order chi connectivity index (χ0) is 69.2. The summed E-state index contributed by atoms with van der Waals surface area (Å²) in [4.78, 5) is 10.2. The van der Waals surface area contributed by atoms with Crippen molar-refractivity contribution in [2.45, 2.75) is 92.9 Å². The Balaban J connectivity index is 0.000000461. The smallest absolute Gasteiger partial charge is 0.161 e. The maximum absolute atomic E-state index is 12.7. The van der Waals surface area contributed by atoms with Gasteiger partial charge in [-0.2, -0.15) is 0 Å². The van der Waals surface area contributed by atoms with Crippen LogP contribution in [0.1, 0.15) is 163 Å². The minimum absolute atomic E-state index is 0.0565. The molecule has 16 heteroatoms. The Morgan fingerprint density at radius 1 is 0.292 bits per heavy atom. The van der Waals surface area contributed by atoms with Crippen LogP contribution in [0.4, 0.5) is 0 Å². The first kappa shape index (κ1) is 69.2. The van der Waals surface area contributed by atoms with Gasteiger partial charge in [-0.3, -0.25) is 4.79 Å². The SMILES string of the molecule is CCOc1cc(C2c3cc(c(OCC)cc3O)C(c3ccc(O)c(C)c3)c3cc(c(O)cc3OCC)C(c3ccc(O)c(C)c3)c3cc(c(C)cc3O)C(c3ccc(O)c(C)c3)c3cc2c(OCC)cc3O)ccc1O.CCOc1cccc(O)c1.Cc1cc(C=O)ccc1O. The number of aldehydes is 1. The second kappa shape index (κ2) is 30.3. The van der Waals surface area contributed by atoms with Crippen molar-refractivity contribution in [3.63, 3.8) is 0 Å². The van der Waals surface area contributed by atoms with Crippen molar-refractivity contribution in [3.8, 4) is 86.2 Å². The minimum Gasteiger partial charge on any atom is -0.508 e. The van der Waals surface area contributed by atoms with E-state index < -0.39 is 23.7 Å². The fraction of sp³-hybridized carbons (Fsp3) is 0.237. The molecule has 0 aromatic heterocycles.